The van der Waals surface area contributed by atoms with Crippen LogP contribution in [0.1, 0.15) is 47.5 Å². The lowest BCUT2D eigenvalue weighted by atomic mass is 9.71. The summed E-state index contributed by atoms with van der Waals surface area (Å²) in [5.74, 6) is 0.693. The maximum Gasteiger partial charge on any atom is 0.337 e. The molecule has 2 aliphatic carbocycles. The van der Waals surface area contributed by atoms with Gasteiger partial charge in [0.15, 0.2) is 0 Å². The largest absolute Gasteiger partial charge is 0.478 e. The van der Waals surface area contributed by atoms with E-state index >= 15 is 0 Å². The first kappa shape index (κ1) is 13.6. The van der Waals surface area contributed by atoms with E-state index in [-0.39, 0.29) is 0 Å². The molecule has 0 unspecified atom stereocenters. The SMILES string of the molecule is O=C(O)c1cccc2c1N[C@@H]([C@H]1CC=CCC1)[C@@H]1CC=C[C@H]21. The maximum absolute atomic E-state index is 11.6. The van der Waals surface area contributed by atoms with Gasteiger partial charge in [0, 0.05) is 12.0 Å². The van der Waals surface area contributed by atoms with Gasteiger partial charge in [-0.25, -0.2) is 4.79 Å². The zero-order chi connectivity index (χ0) is 15.1. The number of carbonyl (C=O) groups is 1. The first-order valence-corrected chi connectivity index (χ1v) is 8.20. The molecule has 0 radical (unpaired) electrons. The number of fused-ring (bicyclic) bond motifs is 3. The van der Waals surface area contributed by atoms with Gasteiger partial charge >= 0.3 is 5.97 Å². The summed E-state index contributed by atoms with van der Waals surface area (Å²) in [6, 6.07) is 6.04. The summed E-state index contributed by atoms with van der Waals surface area (Å²) in [5.41, 5.74) is 2.41. The van der Waals surface area contributed by atoms with Crippen molar-refractivity contribution in [2.24, 2.45) is 11.8 Å². The van der Waals surface area contributed by atoms with Gasteiger partial charge in [-0.15, -0.1) is 0 Å². The molecule has 0 spiro atoms. The molecular formula is C19H21NO2. The lowest BCUT2D eigenvalue weighted by molar-refractivity contribution is 0.0697. The summed E-state index contributed by atoms with van der Waals surface area (Å²) < 4.78 is 0. The van der Waals surface area contributed by atoms with E-state index in [9.17, 15) is 9.90 Å². The topological polar surface area (TPSA) is 49.3 Å². The van der Waals surface area contributed by atoms with Gasteiger partial charge in [0.05, 0.1) is 11.3 Å². The number of hydrogen-bond acceptors (Lipinski definition) is 2. The van der Waals surface area contributed by atoms with Crippen LogP contribution in [0.25, 0.3) is 0 Å². The molecule has 4 rings (SSSR count). The van der Waals surface area contributed by atoms with E-state index in [1.165, 1.54) is 6.42 Å². The van der Waals surface area contributed by atoms with Crippen molar-refractivity contribution in [2.45, 2.75) is 37.6 Å². The van der Waals surface area contributed by atoms with Gasteiger partial charge in [-0.1, -0.05) is 36.4 Å². The highest BCUT2D eigenvalue weighted by molar-refractivity contribution is 5.95. The van der Waals surface area contributed by atoms with Crippen molar-refractivity contribution in [3.63, 3.8) is 0 Å². The fourth-order valence-electron chi connectivity index (χ4n) is 4.45. The molecule has 1 aromatic carbocycles. The van der Waals surface area contributed by atoms with E-state index in [1.54, 1.807) is 6.07 Å². The predicted octanol–water partition coefficient (Wildman–Crippen LogP) is 4.19. The molecule has 0 saturated carbocycles. The second-order valence-electron chi connectivity index (χ2n) is 6.64. The zero-order valence-corrected chi connectivity index (χ0v) is 12.5. The number of benzene rings is 1. The summed E-state index contributed by atoms with van der Waals surface area (Å²) >= 11 is 0. The van der Waals surface area contributed by atoms with Gasteiger partial charge in [0.25, 0.3) is 0 Å². The Morgan fingerprint density at radius 3 is 2.86 bits per heavy atom. The molecule has 22 heavy (non-hydrogen) atoms. The van der Waals surface area contributed by atoms with Crippen molar-refractivity contribution in [1.29, 1.82) is 0 Å². The zero-order valence-electron chi connectivity index (χ0n) is 12.5. The number of carboxylic acids is 1. The standard InChI is InChI=1S/C19H21NO2/c21-19(22)16-11-5-10-15-13-8-4-9-14(13)17(20-18(15)16)12-6-2-1-3-7-12/h1-2,4-5,8,10-14,17,20H,3,6-7,9H2,(H,21,22)/t12-,13-,14+,17-/m0/s1. The lowest BCUT2D eigenvalue weighted by Gasteiger charge is -2.42. The Bertz CT molecular complexity index is 661. The molecule has 1 heterocycles. The van der Waals surface area contributed by atoms with E-state index in [0.717, 1.165) is 30.5 Å². The molecule has 1 aliphatic heterocycles. The Kier molecular flexibility index (Phi) is 3.29. The highest BCUT2D eigenvalue weighted by Gasteiger charge is 2.41. The number of rotatable bonds is 2. The number of anilines is 1. The molecule has 114 valence electrons. The maximum atomic E-state index is 11.6. The van der Waals surface area contributed by atoms with Crippen LogP contribution in [0.2, 0.25) is 0 Å². The number of para-hydroxylation sites is 1. The molecule has 1 aromatic rings. The minimum atomic E-state index is -0.841. The van der Waals surface area contributed by atoms with Gasteiger partial charge in [-0.05, 0) is 49.1 Å². The Hall–Kier alpha value is -2.03. The van der Waals surface area contributed by atoms with Gasteiger partial charge in [0.2, 0.25) is 0 Å². The molecular weight excluding hydrogens is 274 g/mol. The Morgan fingerprint density at radius 2 is 2.09 bits per heavy atom. The predicted molar refractivity (Wildman–Crippen MR) is 87.3 cm³/mol. The average Bonchev–Trinajstić information content (AvgIpc) is 3.04. The van der Waals surface area contributed by atoms with E-state index in [2.05, 4.69) is 35.7 Å². The minimum absolute atomic E-state index is 0.367. The summed E-state index contributed by atoms with van der Waals surface area (Å²) in [4.78, 5) is 11.6. The summed E-state index contributed by atoms with van der Waals surface area (Å²) in [7, 11) is 0. The molecule has 3 nitrogen and oxygen atoms in total. The van der Waals surface area contributed by atoms with Crippen LogP contribution in [-0.2, 0) is 0 Å². The lowest BCUT2D eigenvalue weighted by Crippen LogP contribution is -2.42. The van der Waals surface area contributed by atoms with Crippen LogP contribution in [0.5, 0.6) is 0 Å². The Labute approximate surface area is 130 Å². The third kappa shape index (κ3) is 2.07. The molecule has 0 bridgehead atoms. The van der Waals surface area contributed by atoms with Crippen molar-refractivity contribution in [2.75, 3.05) is 5.32 Å². The third-order valence-electron chi connectivity index (χ3n) is 5.49. The van der Waals surface area contributed by atoms with Gasteiger partial charge in [0.1, 0.15) is 0 Å². The van der Waals surface area contributed by atoms with Crippen molar-refractivity contribution in [3.8, 4) is 0 Å². The molecule has 3 heteroatoms. The smallest absolute Gasteiger partial charge is 0.337 e. The van der Waals surface area contributed by atoms with Crippen LogP contribution in [0.3, 0.4) is 0 Å². The monoisotopic (exact) mass is 295 g/mol. The molecule has 3 aliphatic rings. The Morgan fingerprint density at radius 1 is 1.18 bits per heavy atom. The van der Waals surface area contributed by atoms with Crippen molar-refractivity contribution in [3.05, 3.63) is 53.6 Å². The van der Waals surface area contributed by atoms with E-state index in [4.69, 9.17) is 0 Å². The van der Waals surface area contributed by atoms with Gasteiger partial charge < -0.3 is 10.4 Å². The van der Waals surface area contributed by atoms with Crippen LogP contribution in [0.15, 0.2) is 42.5 Å². The molecule has 0 amide bonds. The molecule has 0 fully saturated rings. The van der Waals surface area contributed by atoms with E-state index < -0.39 is 5.97 Å². The van der Waals surface area contributed by atoms with Crippen LogP contribution in [0.4, 0.5) is 5.69 Å². The number of nitrogens with one attached hydrogen (secondary N) is 1. The first-order chi connectivity index (χ1) is 10.8. The fraction of sp³-hybridized carbons (Fsp3) is 0.421. The van der Waals surface area contributed by atoms with Crippen LogP contribution >= 0.6 is 0 Å². The van der Waals surface area contributed by atoms with Crippen LogP contribution in [-0.4, -0.2) is 17.1 Å². The number of hydrogen-bond donors (Lipinski definition) is 2. The summed E-state index contributed by atoms with van der Waals surface area (Å²) in [6.07, 6.45) is 13.6. The highest BCUT2D eigenvalue weighted by Crippen LogP contribution is 2.48. The average molecular weight is 295 g/mol. The van der Waals surface area contributed by atoms with Crippen molar-refractivity contribution >= 4 is 11.7 Å². The quantitative estimate of drug-likeness (QED) is 0.804. The molecule has 4 atom stereocenters. The first-order valence-electron chi connectivity index (χ1n) is 8.20. The fourth-order valence-corrected chi connectivity index (χ4v) is 4.45. The molecule has 2 N–H and O–H groups in total. The van der Waals surface area contributed by atoms with E-state index in [1.807, 2.05) is 6.07 Å². The second-order valence-corrected chi connectivity index (χ2v) is 6.64. The number of carboxylic acid groups (broad SMARTS) is 1. The van der Waals surface area contributed by atoms with Crippen molar-refractivity contribution in [1.82, 2.24) is 0 Å². The minimum Gasteiger partial charge on any atom is -0.478 e. The summed E-state index contributed by atoms with van der Waals surface area (Å²) in [6.45, 7) is 0. The van der Waals surface area contributed by atoms with Gasteiger partial charge in [-0.2, -0.15) is 0 Å². The second kappa shape index (κ2) is 5.31. The number of aromatic carboxylic acids is 1. The summed E-state index contributed by atoms with van der Waals surface area (Å²) in [5, 5.41) is 13.1. The van der Waals surface area contributed by atoms with Crippen LogP contribution in [0, 0.1) is 11.8 Å². The van der Waals surface area contributed by atoms with Gasteiger partial charge in [-0.3, -0.25) is 0 Å². The third-order valence-corrected chi connectivity index (χ3v) is 5.49. The number of allylic oxidation sites excluding steroid dienone is 4. The molecule has 0 aromatic heterocycles. The normalized spacial score (nSPS) is 32.2. The van der Waals surface area contributed by atoms with Crippen LogP contribution < -0.4 is 5.32 Å². The van der Waals surface area contributed by atoms with Crippen molar-refractivity contribution < 1.29 is 9.90 Å². The molecule has 0 saturated heterocycles. The Balaban J connectivity index is 1.76. The van der Waals surface area contributed by atoms with E-state index in [0.29, 0.717) is 29.4 Å². The highest BCUT2D eigenvalue weighted by atomic mass is 16.4.